The molecule has 0 fully saturated rings. The van der Waals surface area contributed by atoms with Crippen LogP contribution < -0.4 is 5.73 Å². The quantitative estimate of drug-likeness (QED) is 0.394. The number of carbonyl (C=O) groups excluding carboxylic acids is 1. The maximum Gasteiger partial charge on any atom is 0.339 e. The van der Waals surface area contributed by atoms with Gasteiger partial charge in [-0.1, -0.05) is 5.92 Å². The number of primary amides is 1. The highest BCUT2D eigenvalue weighted by atomic mass is 16.5. The topological polar surface area (TPSA) is 79.7 Å². The van der Waals surface area contributed by atoms with Crippen LogP contribution >= 0.6 is 0 Å². The minimum Gasteiger partial charge on any atom is -0.456 e. The molecule has 1 heterocycles. The number of rotatable bonds is 1. The van der Waals surface area contributed by atoms with Gasteiger partial charge >= 0.3 is 6.03 Å². The highest BCUT2D eigenvalue weighted by molar-refractivity contribution is 5.71. The first kappa shape index (κ1) is 10.2. The molecule has 14 heavy (non-hydrogen) atoms. The molecule has 1 aromatic heterocycles. The predicted octanol–water partition coefficient (Wildman–Crippen LogP) is 0.790. The van der Waals surface area contributed by atoms with Gasteiger partial charge in [0.15, 0.2) is 5.76 Å². The zero-order chi connectivity index (χ0) is 10.6. The average Bonchev–Trinajstić information content (AvgIpc) is 2.65. The number of carbonyl (C=O) groups is 1. The minimum atomic E-state index is -0.939. The first-order valence-electron chi connectivity index (χ1n) is 3.94. The van der Waals surface area contributed by atoms with Crippen molar-refractivity contribution >= 4 is 6.03 Å². The number of nitrogens with two attached hydrogens (primary N) is 1. The molecule has 0 bridgehead atoms. The van der Waals surface area contributed by atoms with Crippen LogP contribution in [0.15, 0.2) is 22.8 Å². The Morgan fingerprint density at radius 1 is 1.79 bits per heavy atom. The summed E-state index contributed by atoms with van der Waals surface area (Å²) in [6.07, 6.45) is 1.49. The highest BCUT2D eigenvalue weighted by Gasteiger charge is 2.11. The Labute approximate surface area is 81.1 Å². The zero-order valence-electron chi connectivity index (χ0n) is 7.60. The van der Waals surface area contributed by atoms with Gasteiger partial charge in [0.2, 0.25) is 0 Å². The first-order chi connectivity index (χ1) is 6.61. The van der Waals surface area contributed by atoms with Gasteiger partial charge in [-0.3, -0.25) is 5.21 Å². The molecule has 0 spiro atoms. The molecule has 0 saturated carbocycles. The maximum absolute atomic E-state index is 10.5. The molecule has 0 aromatic carbocycles. The third-order valence-corrected chi connectivity index (χ3v) is 1.52. The Morgan fingerprint density at radius 3 is 3.00 bits per heavy atom. The van der Waals surface area contributed by atoms with Gasteiger partial charge in [0, 0.05) is 0 Å². The smallest absolute Gasteiger partial charge is 0.339 e. The van der Waals surface area contributed by atoms with Crippen LogP contribution in [-0.2, 0) is 0 Å². The normalized spacial score (nSPS) is 11.3. The molecule has 5 heteroatoms. The Hall–Kier alpha value is -1.93. The van der Waals surface area contributed by atoms with Crippen LogP contribution in [-0.4, -0.2) is 22.3 Å². The molecule has 0 aliphatic carbocycles. The van der Waals surface area contributed by atoms with E-state index in [1.165, 1.54) is 6.26 Å². The van der Waals surface area contributed by atoms with E-state index in [0.717, 1.165) is 0 Å². The fourth-order valence-corrected chi connectivity index (χ4v) is 0.777. The van der Waals surface area contributed by atoms with E-state index in [-0.39, 0.29) is 0 Å². The number of nitrogens with zero attached hydrogens (tertiary/aromatic N) is 1. The van der Waals surface area contributed by atoms with Crippen LogP contribution in [0.2, 0.25) is 0 Å². The zero-order valence-corrected chi connectivity index (χ0v) is 7.60. The van der Waals surface area contributed by atoms with Crippen molar-refractivity contribution in [2.45, 2.75) is 13.0 Å². The van der Waals surface area contributed by atoms with Gasteiger partial charge in [-0.2, -0.15) is 5.06 Å². The molecule has 74 valence electrons. The fourth-order valence-electron chi connectivity index (χ4n) is 0.777. The van der Waals surface area contributed by atoms with E-state index in [0.29, 0.717) is 10.8 Å². The second kappa shape index (κ2) is 4.35. The van der Waals surface area contributed by atoms with Gasteiger partial charge in [0.05, 0.1) is 6.26 Å². The molecule has 1 rings (SSSR count). The minimum absolute atomic E-state index is 0.357. The maximum atomic E-state index is 10.5. The summed E-state index contributed by atoms with van der Waals surface area (Å²) in [7, 11) is 0. The lowest BCUT2D eigenvalue weighted by atomic mass is 10.3. The van der Waals surface area contributed by atoms with Gasteiger partial charge in [-0.05, 0) is 25.0 Å². The third-order valence-electron chi connectivity index (χ3n) is 1.52. The third kappa shape index (κ3) is 2.54. The van der Waals surface area contributed by atoms with Gasteiger partial charge in [-0.25, -0.2) is 4.79 Å². The number of urea groups is 1. The van der Waals surface area contributed by atoms with E-state index >= 15 is 0 Å². The van der Waals surface area contributed by atoms with E-state index < -0.39 is 12.1 Å². The van der Waals surface area contributed by atoms with Gasteiger partial charge < -0.3 is 10.2 Å². The summed E-state index contributed by atoms with van der Waals surface area (Å²) >= 11 is 0. The Morgan fingerprint density at radius 2 is 2.50 bits per heavy atom. The molecule has 0 aliphatic heterocycles. The van der Waals surface area contributed by atoms with E-state index in [1.807, 2.05) is 0 Å². The fraction of sp³-hybridized carbons (Fsp3) is 0.222. The standard InChI is InChI=1S/C9H10N2O3/c1-7(11(13)9(10)12)4-5-8-3-2-6-14-8/h2-3,6-7,13H,1H3,(H2,10,12). The van der Waals surface area contributed by atoms with Crippen molar-refractivity contribution in [3.8, 4) is 11.8 Å². The summed E-state index contributed by atoms with van der Waals surface area (Å²) in [5.74, 6) is 5.70. The van der Waals surface area contributed by atoms with Crippen molar-refractivity contribution in [1.29, 1.82) is 0 Å². The molecule has 0 saturated heterocycles. The predicted molar refractivity (Wildman–Crippen MR) is 48.3 cm³/mol. The average molecular weight is 194 g/mol. The van der Waals surface area contributed by atoms with Crippen LogP contribution in [0.1, 0.15) is 12.7 Å². The summed E-state index contributed by atoms with van der Waals surface area (Å²) in [5.41, 5.74) is 4.83. The van der Waals surface area contributed by atoms with Gasteiger partial charge in [0.25, 0.3) is 0 Å². The lowest BCUT2D eigenvalue weighted by Gasteiger charge is -2.14. The Balaban J connectivity index is 2.64. The monoisotopic (exact) mass is 194 g/mol. The molecule has 2 amide bonds. The van der Waals surface area contributed by atoms with Crippen LogP contribution in [0.4, 0.5) is 4.79 Å². The summed E-state index contributed by atoms with van der Waals surface area (Å²) in [6, 6.07) is 1.76. The number of hydrogen-bond donors (Lipinski definition) is 2. The van der Waals surface area contributed by atoms with Gasteiger partial charge in [0.1, 0.15) is 6.04 Å². The van der Waals surface area contributed by atoms with Crippen molar-refractivity contribution in [3.05, 3.63) is 24.2 Å². The van der Waals surface area contributed by atoms with Crippen LogP contribution in [0, 0.1) is 11.8 Å². The molecule has 0 radical (unpaired) electrons. The van der Waals surface area contributed by atoms with Crippen molar-refractivity contribution < 1.29 is 14.4 Å². The molecule has 3 N–H and O–H groups in total. The first-order valence-corrected chi connectivity index (χ1v) is 3.94. The number of hydrogen-bond acceptors (Lipinski definition) is 3. The van der Waals surface area contributed by atoms with E-state index in [1.54, 1.807) is 19.1 Å². The second-order valence-electron chi connectivity index (χ2n) is 2.61. The summed E-state index contributed by atoms with van der Waals surface area (Å²) < 4.78 is 4.93. The molecular weight excluding hydrogens is 184 g/mol. The second-order valence-corrected chi connectivity index (χ2v) is 2.61. The number of hydroxylamine groups is 2. The summed E-state index contributed by atoms with van der Waals surface area (Å²) in [6.45, 7) is 1.54. The largest absolute Gasteiger partial charge is 0.456 e. The molecule has 1 unspecified atom stereocenters. The highest BCUT2D eigenvalue weighted by Crippen LogP contribution is 1.98. The van der Waals surface area contributed by atoms with E-state index in [9.17, 15) is 4.79 Å². The van der Waals surface area contributed by atoms with E-state index in [4.69, 9.17) is 15.4 Å². The van der Waals surface area contributed by atoms with Gasteiger partial charge in [-0.15, -0.1) is 0 Å². The van der Waals surface area contributed by atoms with Crippen molar-refractivity contribution in [3.63, 3.8) is 0 Å². The molecule has 5 nitrogen and oxygen atoms in total. The van der Waals surface area contributed by atoms with Crippen LogP contribution in [0.5, 0.6) is 0 Å². The van der Waals surface area contributed by atoms with Crippen molar-refractivity contribution in [2.75, 3.05) is 0 Å². The van der Waals surface area contributed by atoms with E-state index in [2.05, 4.69) is 11.8 Å². The molecular formula is C9H10N2O3. The molecule has 1 atom stereocenters. The van der Waals surface area contributed by atoms with Crippen LogP contribution in [0.25, 0.3) is 0 Å². The Bertz CT molecular complexity index is 361. The lowest BCUT2D eigenvalue weighted by molar-refractivity contribution is -0.0536. The Kier molecular flexibility index (Phi) is 3.15. The molecule has 0 aliphatic rings. The summed E-state index contributed by atoms with van der Waals surface area (Å²) in [5, 5.41) is 9.41. The molecule has 1 aromatic rings. The number of amides is 2. The SMILES string of the molecule is CC(C#Cc1ccco1)N(O)C(N)=O. The number of furan rings is 1. The lowest BCUT2D eigenvalue weighted by Crippen LogP contribution is -2.38. The van der Waals surface area contributed by atoms with Crippen LogP contribution in [0.3, 0.4) is 0 Å². The van der Waals surface area contributed by atoms with Crippen molar-refractivity contribution in [1.82, 2.24) is 5.06 Å². The summed E-state index contributed by atoms with van der Waals surface area (Å²) in [4.78, 5) is 10.5. The van der Waals surface area contributed by atoms with Crippen molar-refractivity contribution in [2.24, 2.45) is 5.73 Å².